The maximum absolute atomic E-state index is 13.3. The number of halogens is 2. The summed E-state index contributed by atoms with van der Waals surface area (Å²) in [5, 5.41) is 7.01. The molecule has 25 heavy (non-hydrogen) atoms. The summed E-state index contributed by atoms with van der Waals surface area (Å²) in [7, 11) is 1.02. The van der Waals surface area contributed by atoms with Crippen molar-refractivity contribution in [1.29, 1.82) is 0 Å². The van der Waals surface area contributed by atoms with E-state index in [-0.39, 0.29) is 29.8 Å². The van der Waals surface area contributed by atoms with Crippen LogP contribution in [0.4, 0.5) is 4.39 Å². The highest BCUT2D eigenvalue weighted by Gasteiger charge is 2.25. The first-order valence-corrected chi connectivity index (χ1v) is 10.0. The van der Waals surface area contributed by atoms with Crippen LogP contribution >= 0.6 is 24.0 Å². The third-order valence-electron chi connectivity index (χ3n) is 4.53. The Hall–Kier alpha value is -0.700. The van der Waals surface area contributed by atoms with Gasteiger partial charge in [-0.25, -0.2) is 4.39 Å². The molecule has 4 nitrogen and oxygen atoms in total. The number of nitrogens with one attached hydrogen (secondary N) is 2. The van der Waals surface area contributed by atoms with E-state index in [1.165, 1.54) is 6.07 Å². The molecule has 0 heterocycles. The average molecular weight is 481 g/mol. The number of benzene rings is 1. The van der Waals surface area contributed by atoms with Gasteiger partial charge in [-0.05, 0) is 43.4 Å². The van der Waals surface area contributed by atoms with Crippen molar-refractivity contribution in [3.63, 3.8) is 0 Å². The summed E-state index contributed by atoms with van der Waals surface area (Å²) in [5.41, 5.74) is 1.67. The Morgan fingerprint density at radius 3 is 2.80 bits per heavy atom. The van der Waals surface area contributed by atoms with E-state index >= 15 is 0 Å². The van der Waals surface area contributed by atoms with Crippen molar-refractivity contribution < 1.29 is 8.60 Å². The summed E-state index contributed by atoms with van der Waals surface area (Å²) in [4.78, 5) is 4.27. The van der Waals surface area contributed by atoms with Crippen LogP contribution in [0.25, 0.3) is 0 Å². The molecular formula is C18H29FIN3OS. The molecule has 0 radical (unpaired) electrons. The van der Waals surface area contributed by atoms with Gasteiger partial charge in [0, 0.05) is 41.4 Å². The van der Waals surface area contributed by atoms with Crippen molar-refractivity contribution in [2.45, 2.75) is 57.4 Å². The van der Waals surface area contributed by atoms with E-state index in [4.69, 9.17) is 0 Å². The van der Waals surface area contributed by atoms with Crippen LogP contribution in [0.5, 0.6) is 0 Å². The third kappa shape index (κ3) is 6.84. The van der Waals surface area contributed by atoms with Crippen LogP contribution in [0.15, 0.2) is 23.2 Å². The highest BCUT2D eigenvalue weighted by atomic mass is 127. The Kier molecular flexibility index (Phi) is 9.92. The minimum atomic E-state index is -0.725. The number of nitrogens with zero attached hydrogens (tertiary/aromatic N) is 1. The first-order valence-electron chi connectivity index (χ1n) is 8.62. The molecule has 2 N–H and O–H groups in total. The van der Waals surface area contributed by atoms with Gasteiger partial charge in [-0.2, -0.15) is 0 Å². The van der Waals surface area contributed by atoms with E-state index in [2.05, 4.69) is 15.6 Å². The van der Waals surface area contributed by atoms with Crippen molar-refractivity contribution >= 4 is 40.7 Å². The Morgan fingerprint density at radius 1 is 1.40 bits per heavy atom. The minimum Gasteiger partial charge on any atom is -0.354 e. The molecule has 0 aliphatic heterocycles. The molecular weight excluding hydrogens is 452 g/mol. The molecule has 3 unspecified atom stereocenters. The van der Waals surface area contributed by atoms with Crippen LogP contribution in [-0.2, 0) is 17.3 Å². The molecule has 7 heteroatoms. The Morgan fingerprint density at radius 2 is 2.16 bits per heavy atom. The van der Waals surface area contributed by atoms with Gasteiger partial charge in [0.05, 0.1) is 0 Å². The first-order chi connectivity index (χ1) is 11.5. The normalized spacial score (nSPS) is 22.0. The molecule has 1 fully saturated rings. The highest BCUT2D eigenvalue weighted by Crippen LogP contribution is 2.23. The SMILES string of the molecule is CCS(=O)C1CCCC(NC(=NC)NCc2ccc(F)c(C)c2)C1.I. The number of guanidine groups is 1. The Balaban J connectivity index is 0.00000312. The summed E-state index contributed by atoms with van der Waals surface area (Å²) in [6.45, 7) is 4.35. The highest BCUT2D eigenvalue weighted by molar-refractivity contribution is 14.0. The minimum absolute atomic E-state index is 0. The van der Waals surface area contributed by atoms with Gasteiger partial charge in [-0.3, -0.25) is 9.20 Å². The molecule has 1 saturated carbocycles. The van der Waals surface area contributed by atoms with Crippen molar-refractivity contribution in [2.24, 2.45) is 4.99 Å². The quantitative estimate of drug-likeness (QED) is 0.385. The summed E-state index contributed by atoms with van der Waals surface area (Å²) >= 11 is 0. The third-order valence-corrected chi connectivity index (χ3v) is 6.27. The van der Waals surface area contributed by atoms with E-state index in [0.29, 0.717) is 23.4 Å². The number of aryl methyl sites for hydroxylation is 1. The second-order valence-corrected chi connectivity index (χ2v) is 8.31. The molecule has 1 aromatic carbocycles. The standard InChI is InChI=1S/C18H28FN3OS.HI/c1-4-24(23)16-7-5-6-15(11-16)22-18(20-3)21-12-14-8-9-17(19)13(2)10-14;/h8-10,15-16H,4-7,11-12H2,1-3H3,(H2,20,21,22);1H. The molecule has 0 aromatic heterocycles. The fraction of sp³-hybridized carbons (Fsp3) is 0.611. The van der Waals surface area contributed by atoms with Gasteiger partial charge in [0.2, 0.25) is 0 Å². The number of aliphatic imine (C=N–C) groups is 1. The van der Waals surface area contributed by atoms with Crippen molar-refractivity contribution in [1.82, 2.24) is 10.6 Å². The van der Waals surface area contributed by atoms with Crippen LogP contribution in [0.3, 0.4) is 0 Å². The van der Waals surface area contributed by atoms with Crippen LogP contribution in [0, 0.1) is 12.7 Å². The molecule has 1 aliphatic carbocycles. The lowest BCUT2D eigenvalue weighted by Crippen LogP contribution is -2.46. The van der Waals surface area contributed by atoms with Crippen LogP contribution in [0.1, 0.15) is 43.7 Å². The zero-order chi connectivity index (χ0) is 17.5. The van der Waals surface area contributed by atoms with Crippen LogP contribution in [0.2, 0.25) is 0 Å². The van der Waals surface area contributed by atoms with Crippen LogP contribution < -0.4 is 10.6 Å². The van der Waals surface area contributed by atoms with Gasteiger partial charge in [0.25, 0.3) is 0 Å². The largest absolute Gasteiger partial charge is 0.354 e. The molecule has 3 atom stereocenters. The fourth-order valence-corrected chi connectivity index (χ4v) is 4.49. The molecule has 0 bridgehead atoms. The summed E-state index contributed by atoms with van der Waals surface area (Å²) < 4.78 is 25.4. The van der Waals surface area contributed by atoms with Crippen LogP contribution in [-0.4, -0.2) is 34.3 Å². The maximum atomic E-state index is 13.3. The fourth-order valence-electron chi connectivity index (χ4n) is 3.14. The summed E-state index contributed by atoms with van der Waals surface area (Å²) in [6.07, 6.45) is 4.16. The topological polar surface area (TPSA) is 53.5 Å². The predicted octanol–water partition coefficient (Wildman–Crippen LogP) is 3.50. The van der Waals surface area contributed by atoms with Gasteiger partial charge in [0.1, 0.15) is 5.82 Å². The second kappa shape index (κ2) is 11.1. The van der Waals surface area contributed by atoms with Gasteiger partial charge in [0.15, 0.2) is 5.96 Å². The van der Waals surface area contributed by atoms with Crippen molar-refractivity contribution in [2.75, 3.05) is 12.8 Å². The van der Waals surface area contributed by atoms with E-state index in [9.17, 15) is 8.60 Å². The first kappa shape index (κ1) is 22.3. The molecule has 2 rings (SSSR count). The van der Waals surface area contributed by atoms with E-state index < -0.39 is 10.8 Å². The van der Waals surface area contributed by atoms with Gasteiger partial charge in [-0.1, -0.05) is 25.5 Å². The molecule has 1 aromatic rings. The second-order valence-electron chi connectivity index (χ2n) is 6.31. The van der Waals surface area contributed by atoms with Gasteiger partial charge >= 0.3 is 0 Å². The average Bonchev–Trinajstić information content (AvgIpc) is 2.61. The van der Waals surface area contributed by atoms with Gasteiger partial charge in [-0.15, -0.1) is 24.0 Å². The van der Waals surface area contributed by atoms with E-state index in [0.717, 1.165) is 43.0 Å². The monoisotopic (exact) mass is 481 g/mol. The molecule has 1 aliphatic rings. The van der Waals surface area contributed by atoms with Crippen molar-refractivity contribution in [3.05, 3.63) is 35.1 Å². The zero-order valence-corrected chi connectivity index (χ0v) is 18.3. The smallest absolute Gasteiger partial charge is 0.191 e. The Bertz CT molecular complexity index is 612. The number of hydrogen-bond acceptors (Lipinski definition) is 2. The molecule has 0 saturated heterocycles. The summed E-state index contributed by atoms with van der Waals surface area (Å²) in [6, 6.07) is 5.43. The number of hydrogen-bond donors (Lipinski definition) is 2. The lowest BCUT2D eigenvalue weighted by Gasteiger charge is -2.30. The van der Waals surface area contributed by atoms with E-state index in [1.54, 1.807) is 20.0 Å². The molecule has 0 amide bonds. The lowest BCUT2D eigenvalue weighted by atomic mass is 9.95. The van der Waals surface area contributed by atoms with Gasteiger partial charge < -0.3 is 10.6 Å². The van der Waals surface area contributed by atoms with E-state index in [1.807, 2.05) is 13.0 Å². The lowest BCUT2D eigenvalue weighted by molar-refractivity contribution is 0.413. The molecule has 0 spiro atoms. The Labute approximate surface area is 169 Å². The van der Waals surface area contributed by atoms with Crippen molar-refractivity contribution in [3.8, 4) is 0 Å². The predicted molar refractivity (Wildman–Crippen MR) is 115 cm³/mol. The summed E-state index contributed by atoms with van der Waals surface area (Å²) in [5.74, 6) is 1.29. The maximum Gasteiger partial charge on any atom is 0.191 e. The molecule has 142 valence electrons. The number of rotatable bonds is 5. The zero-order valence-electron chi connectivity index (χ0n) is 15.2.